The maximum absolute atomic E-state index is 9.77. The van der Waals surface area contributed by atoms with Crippen molar-refractivity contribution in [2.45, 2.75) is 6.61 Å². The van der Waals surface area contributed by atoms with Crippen LogP contribution in [0.2, 0.25) is 5.02 Å². The van der Waals surface area contributed by atoms with E-state index >= 15 is 0 Å². The number of rotatable bonds is 5. The van der Waals surface area contributed by atoms with Crippen LogP contribution >= 0.6 is 11.6 Å². The van der Waals surface area contributed by atoms with Crippen LogP contribution in [0.3, 0.4) is 0 Å². The molecule has 0 amide bonds. The van der Waals surface area contributed by atoms with E-state index in [9.17, 15) is 5.11 Å². The normalized spacial score (nSPS) is 10.9. The van der Waals surface area contributed by atoms with E-state index in [4.69, 9.17) is 16.3 Å². The minimum absolute atomic E-state index is 0.144. The van der Waals surface area contributed by atoms with Crippen molar-refractivity contribution >= 4 is 23.5 Å². The Kier molecular flexibility index (Phi) is 5.14. The number of aliphatic imine (C=N–C) groups is 1. The van der Waals surface area contributed by atoms with E-state index in [1.165, 1.54) is 0 Å². The molecular formula is C20H16ClNO2. The third-order valence-electron chi connectivity index (χ3n) is 3.43. The van der Waals surface area contributed by atoms with Crippen molar-refractivity contribution in [1.29, 1.82) is 0 Å². The average molecular weight is 338 g/mol. The second kappa shape index (κ2) is 7.66. The average Bonchev–Trinajstić information content (AvgIpc) is 2.62. The summed E-state index contributed by atoms with van der Waals surface area (Å²) in [6, 6.07) is 22.3. The molecular weight excluding hydrogens is 322 g/mol. The molecule has 3 rings (SSSR count). The monoisotopic (exact) mass is 337 g/mol. The minimum atomic E-state index is 0.144. The van der Waals surface area contributed by atoms with Gasteiger partial charge in [-0.15, -0.1) is 0 Å². The fourth-order valence-corrected chi connectivity index (χ4v) is 2.32. The van der Waals surface area contributed by atoms with Crippen LogP contribution in [-0.2, 0) is 6.61 Å². The zero-order valence-corrected chi connectivity index (χ0v) is 13.6. The summed E-state index contributed by atoms with van der Waals surface area (Å²) in [5, 5.41) is 10.3. The van der Waals surface area contributed by atoms with E-state index < -0.39 is 0 Å². The Balaban J connectivity index is 1.64. The number of nitrogens with zero attached hydrogens (tertiary/aromatic N) is 1. The number of hydrogen-bond donors (Lipinski definition) is 1. The van der Waals surface area contributed by atoms with Gasteiger partial charge in [0.1, 0.15) is 18.1 Å². The molecule has 24 heavy (non-hydrogen) atoms. The van der Waals surface area contributed by atoms with Crippen molar-refractivity contribution in [3.05, 3.63) is 88.9 Å². The molecule has 120 valence electrons. The van der Waals surface area contributed by atoms with Crippen LogP contribution in [0.5, 0.6) is 11.5 Å². The highest BCUT2D eigenvalue weighted by molar-refractivity contribution is 6.30. The zero-order chi connectivity index (χ0) is 16.8. The van der Waals surface area contributed by atoms with Gasteiger partial charge in [0.2, 0.25) is 0 Å². The molecule has 0 bridgehead atoms. The fourth-order valence-electron chi connectivity index (χ4n) is 2.14. The summed E-state index contributed by atoms with van der Waals surface area (Å²) in [5.74, 6) is 0.925. The highest BCUT2D eigenvalue weighted by Crippen LogP contribution is 2.22. The molecule has 0 aromatic heterocycles. The Hall–Kier alpha value is -2.78. The maximum Gasteiger partial charge on any atom is 0.124 e. The molecule has 4 heteroatoms. The predicted octanol–water partition coefficient (Wildman–Crippen LogP) is 5.38. The predicted molar refractivity (Wildman–Crippen MR) is 97.6 cm³/mol. The number of hydrogen-bond acceptors (Lipinski definition) is 3. The van der Waals surface area contributed by atoms with E-state index in [0.717, 1.165) is 17.0 Å². The summed E-state index contributed by atoms with van der Waals surface area (Å²) in [5.41, 5.74) is 2.46. The Morgan fingerprint density at radius 2 is 1.71 bits per heavy atom. The third-order valence-corrected chi connectivity index (χ3v) is 3.66. The van der Waals surface area contributed by atoms with Gasteiger partial charge in [-0.05, 0) is 48.0 Å². The third kappa shape index (κ3) is 4.37. The number of ether oxygens (including phenoxy) is 1. The van der Waals surface area contributed by atoms with Crippen LogP contribution in [0, 0.1) is 0 Å². The van der Waals surface area contributed by atoms with Gasteiger partial charge in [-0.1, -0.05) is 41.9 Å². The summed E-state index contributed by atoms with van der Waals surface area (Å²) in [6.45, 7) is 0.528. The summed E-state index contributed by atoms with van der Waals surface area (Å²) in [6.07, 6.45) is 1.58. The van der Waals surface area contributed by atoms with Crippen LogP contribution in [-0.4, -0.2) is 11.3 Å². The fraction of sp³-hybridized carbons (Fsp3) is 0.0500. The van der Waals surface area contributed by atoms with Gasteiger partial charge >= 0.3 is 0 Å². The standard InChI is InChI=1S/C20H16ClNO2/c21-17-6-11-20(23)16(12-17)13-22-18-7-9-19(10-8-18)24-14-15-4-2-1-3-5-15/h1-13,23H,14H2. The molecule has 0 atom stereocenters. The van der Waals surface area contributed by atoms with Gasteiger partial charge < -0.3 is 9.84 Å². The molecule has 3 aromatic carbocycles. The summed E-state index contributed by atoms with van der Waals surface area (Å²) < 4.78 is 5.74. The summed E-state index contributed by atoms with van der Waals surface area (Å²) in [7, 11) is 0. The lowest BCUT2D eigenvalue weighted by atomic mass is 10.2. The van der Waals surface area contributed by atoms with Crippen LogP contribution in [0.1, 0.15) is 11.1 Å². The molecule has 0 unspecified atom stereocenters. The molecule has 3 nitrogen and oxygen atoms in total. The molecule has 0 saturated carbocycles. The Labute approximate surface area is 145 Å². The van der Waals surface area contributed by atoms with Crippen LogP contribution in [0.15, 0.2) is 77.8 Å². The molecule has 1 N–H and O–H groups in total. The van der Waals surface area contributed by atoms with E-state index in [0.29, 0.717) is 17.2 Å². The molecule has 0 heterocycles. The van der Waals surface area contributed by atoms with Crippen LogP contribution in [0.25, 0.3) is 0 Å². The lowest BCUT2D eigenvalue weighted by Gasteiger charge is -2.06. The topological polar surface area (TPSA) is 41.8 Å². The van der Waals surface area contributed by atoms with E-state index in [-0.39, 0.29) is 5.75 Å². The Bertz CT molecular complexity index is 830. The highest BCUT2D eigenvalue weighted by Gasteiger charge is 2.00. The lowest BCUT2D eigenvalue weighted by Crippen LogP contribution is -1.94. The zero-order valence-electron chi connectivity index (χ0n) is 12.9. The quantitative estimate of drug-likeness (QED) is 0.635. The molecule has 3 aromatic rings. The molecule has 0 spiro atoms. The van der Waals surface area contributed by atoms with Gasteiger partial charge in [0.25, 0.3) is 0 Å². The largest absolute Gasteiger partial charge is 0.507 e. The van der Waals surface area contributed by atoms with E-state index in [1.807, 2.05) is 54.6 Å². The summed E-state index contributed by atoms with van der Waals surface area (Å²) in [4.78, 5) is 4.34. The second-order valence-electron chi connectivity index (χ2n) is 5.23. The lowest BCUT2D eigenvalue weighted by molar-refractivity contribution is 0.306. The number of phenolic OH excluding ortho intramolecular Hbond substituents is 1. The Morgan fingerprint density at radius 1 is 0.958 bits per heavy atom. The van der Waals surface area contributed by atoms with Crippen LogP contribution < -0.4 is 4.74 Å². The van der Waals surface area contributed by atoms with Crippen molar-refractivity contribution < 1.29 is 9.84 Å². The summed E-state index contributed by atoms with van der Waals surface area (Å²) >= 11 is 5.92. The first-order valence-corrected chi connectivity index (χ1v) is 7.88. The first-order valence-electron chi connectivity index (χ1n) is 7.50. The van der Waals surface area contributed by atoms with Gasteiger partial charge in [-0.3, -0.25) is 4.99 Å². The SMILES string of the molecule is Oc1ccc(Cl)cc1C=Nc1ccc(OCc2ccccc2)cc1. The molecule has 0 saturated heterocycles. The smallest absolute Gasteiger partial charge is 0.124 e. The van der Waals surface area contributed by atoms with Gasteiger partial charge in [-0.2, -0.15) is 0 Å². The molecule has 0 radical (unpaired) electrons. The van der Waals surface area contributed by atoms with Gasteiger partial charge in [-0.25, -0.2) is 0 Å². The Morgan fingerprint density at radius 3 is 2.46 bits per heavy atom. The first kappa shape index (κ1) is 16.1. The van der Waals surface area contributed by atoms with Crippen LogP contribution in [0.4, 0.5) is 5.69 Å². The second-order valence-corrected chi connectivity index (χ2v) is 5.67. The first-order chi connectivity index (χ1) is 11.7. The maximum atomic E-state index is 9.77. The molecule has 0 fully saturated rings. The van der Waals surface area contributed by atoms with Crippen molar-refractivity contribution in [2.75, 3.05) is 0 Å². The molecule has 0 aliphatic carbocycles. The van der Waals surface area contributed by atoms with Crippen molar-refractivity contribution in [1.82, 2.24) is 0 Å². The van der Waals surface area contributed by atoms with Gasteiger partial charge in [0.05, 0.1) is 5.69 Å². The number of halogens is 1. The number of benzene rings is 3. The van der Waals surface area contributed by atoms with E-state index in [1.54, 1.807) is 24.4 Å². The van der Waals surface area contributed by atoms with E-state index in [2.05, 4.69) is 4.99 Å². The molecule has 0 aliphatic heterocycles. The van der Waals surface area contributed by atoms with Gasteiger partial charge in [0, 0.05) is 16.8 Å². The van der Waals surface area contributed by atoms with Gasteiger partial charge in [0.15, 0.2) is 0 Å². The van der Waals surface area contributed by atoms with Crippen molar-refractivity contribution in [3.8, 4) is 11.5 Å². The molecule has 0 aliphatic rings. The minimum Gasteiger partial charge on any atom is -0.507 e. The van der Waals surface area contributed by atoms with Crippen molar-refractivity contribution in [2.24, 2.45) is 4.99 Å². The van der Waals surface area contributed by atoms with Crippen molar-refractivity contribution in [3.63, 3.8) is 0 Å². The number of aromatic hydroxyl groups is 1. The highest BCUT2D eigenvalue weighted by atomic mass is 35.5. The number of phenols is 1.